The molecule has 0 spiro atoms. The molecular weight excluding hydrogens is 394 g/mol. The second-order valence-electron chi connectivity index (χ2n) is 8.69. The molecule has 7 heteroatoms. The molecule has 0 bridgehead atoms. The van der Waals surface area contributed by atoms with Gasteiger partial charge in [-0.1, -0.05) is 46.8 Å². The summed E-state index contributed by atoms with van der Waals surface area (Å²) >= 11 is 0. The van der Waals surface area contributed by atoms with E-state index in [1.54, 1.807) is 36.4 Å². The van der Waals surface area contributed by atoms with Crippen LogP contribution >= 0.6 is 0 Å². The van der Waals surface area contributed by atoms with E-state index in [-0.39, 0.29) is 17.2 Å². The van der Waals surface area contributed by atoms with Gasteiger partial charge < -0.3 is 10.1 Å². The van der Waals surface area contributed by atoms with Gasteiger partial charge in [0.05, 0.1) is 7.11 Å². The van der Waals surface area contributed by atoms with Gasteiger partial charge in [0.15, 0.2) is 0 Å². The van der Waals surface area contributed by atoms with Crippen molar-refractivity contribution in [1.29, 1.82) is 0 Å². The summed E-state index contributed by atoms with van der Waals surface area (Å²) in [6.45, 7) is 9.93. The zero-order valence-corrected chi connectivity index (χ0v) is 18.9. The number of carbonyl (C=O) groups excluding carboxylic acids is 3. The summed E-state index contributed by atoms with van der Waals surface area (Å²) < 4.78 is 5.06. The first-order valence-electron chi connectivity index (χ1n) is 10.2. The summed E-state index contributed by atoms with van der Waals surface area (Å²) in [4.78, 5) is 37.5. The fourth-order valence-electron chi connectivity index (χ4n) is 2.89. The minimum absolute atomic E-state index is 0.0164. The molecule has 0 fully saturated rings. The number of nitrogens with one attached hydrogen (secondary N) is 3. The Bertz CT molecular complexity index is 913. The topological polar surface area (TPSA) is 96.5 Å². The van der Waals surface area contributed by atoms with E-state index in [9.17, 15) is 14.4 Å². The van der Waals surface area contributed by atoms with Crippen molar-refractivity contribution in [2.75, 3.05) is 7.11 Å². The second kappa shape index (κ2) is 10.1. The standard InChI is InChI=1S/C24H31N3O4/c1-15(2)20(25-21(28)16-7-11-18(12-8-16)24(3,4)5)23(30)27-26-22(29)17-9-13-19(31-6)14-10-17/h7-15,20H,1-6H3,(H,25,28)(H,26,29)(H,27,30). The lowest BCUT2D eigenvalue weighted by molar-refractivity contribution is -0.124. The van der Waals surface area contributed by atoms with Gasteiger partial charge in [0.2, 0.25) is 0 Å². The van der Waals surface area contributed by atoms with Crippen LogP contribution in [0.25, 0.3) is 0 Å². The minimum atomic E-state index is -0.814. The quantitative estimate of drug-likeness (QED) is 0.619. The molecule has 7 nitrogen and oxygen atoms in total. The van der Waals surface area contributed by atoms with Gasteiger partial charge in [0.25, 0.3) is 17.7 Å². The maximum Gasteiger partial charge on any atom is 0.269 e. The lowest BCUT2D eigenvalue weighted by Crippen LogP contribution is -2.54. The Morgan fingerprint density at radius 3 is 1.81 bits per heavy atom. The molecule has 0 aliphatic carbocycles. The normalized spacial score (nSPS) is 12.1. The van der Waals surface area contributed by atoms with E-state index in [0.29, 0.717) is 16.9 Å². The molecule has 2 rings (SSSR count). The van der Waals surface area contributed by atoms with Crippen LogP contribution in [-0.2, 0) is 10.2 Å². The van der Waals surface area contributed by atoms with E-state index in [2.05, 4.69) is 36.9 Å². The van der Waals surface area contributed by atoms with E-state index in [1.807, 2.05) is 26.0 Å². The maximum absolute atomic E-state index is 12.7. The highest BCUT2D eigenvalue weighted by molar-refractivity contribution is 5.99. The van der Waals surface area contributed by atoms with Crippen LogP contribution in [-0.4, -0.2) is 30.9 Å². The van der Waals surface area contributed by atoms with Gasteiger partial charge in [0, 0.05) is 11.1 Å². The zero-order valence-electron chi connectivity index (χ0n) is 18.9. The van der Waals surface area contributed by atoms with Crippen LogP contribution in [0.3, 0.4) is 0 Å². The highest BCUT2D eigenvalue weighted by Gasteiger charge is 2.25. The Balaban J connectivity index is 1.99. The number of rotatable bonds is 6. The fourth-order valence-corrected chi connectivity index (χ4v) is 2.89. The van der Waals surface area contributed by atoms with E-state index >= 15 is 0 Å². The molecule has 3 N–H and O–H groups in total. The summed E-state index contributed by atoms with van der Waals surface area (Å²) in [5.41, 5.74) is 6.70. The number of amides is 3. The molecule has 0 saturated heterocycles. The highest BCUT2D eigenvalue weighted by Crippen LogP contribution is 2.22. The molecule has 2 aromatic rings. The number of ether oxygens (including phenoxy) is 1. The first kappa shape index (κ1) is 23.9. The third kappa shape index (κ3) is 6.57. The van der Waals surface area contributed by atoms with E-state index in [4.69, 9.17) is 4.74 Å². The van der Waals surface area contributed by atoms with Crippen LogP contribution in [0.1, 0.15) is 60.9 Å². The van der Waals surface area contributed by atoms with Gasteiger partial charge in [0.1, 0.15) is 11.8 Å². The van der Waals surface area contributed by atoms with Crippen molar-refractivity contribution in [2.24, 2.45) is 5.92 Å². The Labute approximate surface area is 183 Å². The molecule has 1 unspecified atom stereocenters. The summed E-state index contributed by atoms with van der Waals surface area (Å²) in [6.07, 6.45) is 0. The van der Waals surface area contributed by atoms with Crippen LogP contribution < -0.4 is 20.9 Å². The maximum atomic E-state index is 12.7. The van der Waals surface area contributed by atoms with Crippen LogP contribution in [0, 0.1) is 5.92 Å². The number of benzene rings is 2. The molecule has 0 heterocycles. The Morgan fingerprint density at radius 1 is 0.806 bits per heavy atom. The first-order chi connectivity index (χ1) is 14.5. The number of hydrogen-bond acceptors (Lipinski definition) is 4. The summed E-state index contributed by atoms with van der Waals surface area (Å²) in [5, 5.41) is 2.75. The average molecular weight is 426 g/mol. The van der Waals surface area contributed by atoms with Gasteiger partial charge in [-0.15, -0.1) is 0 Å². The summed E-state index contributed by atoms with van der Waals surface area (Å²) in [5.74, 6) is -0.885. The smallest absolute Gasteiger partial charge is 0.269 e. The van der Waals surface area contributed by atoms with Gasteiger partial charge in [-0.05, 0) is 53.3 Å². The molecule has 166 valence electrons. The number of methoxy groups -OCH3 is 1. The predicted octanol–water partition coefficient (Wildman–Crippen LogP) is 3.21. The van der Waals surface area contributed by atoms with Gasteiger partial charge in [-0.25, -0.2) is 0 Å². The molecule has 0 saturated carbocycles. The Hall–Kier alpha value is -3.35. The van der Waals surface area contributed by atoms with Crippen LogP contribution in [0.15, 0.2) is 48.5 Å². The van der Waals surface area contributed by atoms with Crippen molar-refractivity contribution < 1.29 is 19.1 Å². The largest absolute Gasteiger partial charge is 0.497 e. The molecule has 0 aliphatic heterocycles. The van der Waals surface area contributed by atoms with Crippen molar-refractivity contribution in [2.45, 2.75) is 46.1 Å². The van der Waals surface area contributed by atoms with Crippen molar-refractivity contribution >= 4 is 17.7 Å². The highest BCUT2D eigenvalue weighted by atomic mass is 16.5. The lowest BCUT2D eigenvalue weighted by Gasteiger charge is -2.22. The second-order valence-corrected chi connectivity index (χ2v) is 8.69. The molecule has 3 amide bonds. The Kier molecular flexibility index (Phi) is 7.80. The number of hydrogen-bond donors (Lipinski definition) is 3. The van der Waals surface area contributed by atoms with Crippen LogP contribution in [0.5, 0.6) is 5.75 Å². The van der Waals surface area contributed by atoms with Gasteiger partial charge >= 0.3 is 0 Å². The minimum Gasteiger partial charge on any atom is -0.497 e. The van der Waals surface area contributed by atoms with Gasteiger partial charge in [-0.3, -0.25) is 25.2 Å². The van der Waals surface area contributed by atoms with Crippen LogP contribution in [0.2, 0.25) is 0 Å². The number of hydrazine groups is 1. The lowest BCUT2D eigenvalue weighted by atomic mass is 9.86. The monoisotopic (exact) mass is 425 g/mol. The van der Waals surface area contributed by atoms with E-state index < -0.39 is 17.9 Å². The molecular formula is C24H31N3O4. The van der Waals surface area contributed by atoms with Crippen molar-refractivity contribution in [3.63, 3.8) is 0 Å². The molecule has 0 radical (unpaired) electrons. The number of carbonyl (C=O) groups is 3. The SMILES string of the molecule is COc1ccc(C(=O)NNC(=O)C(NC(=O)c2ccc(C(C)(C)C)cc2)C(C)C)cc1. The van der Waals surface area contributed by atoms with Crippen molar-refractivity contribution in [3.8, 4) is 5.75 Å². The summed E-state index contributed by atoms with van der Waals surface area (Å²) in [6, 6.07) is 13.0. The fraction of sp³-hybridized carbons (Fsp3) is 0.375. The first-order valence-corrected chi connectivity index (χ1v) is 10.2. The van der Waals surface area contributed by atoms with Crippen molar-refractivity contribution in [1.82, 2.24) is 16.2 Å². The summed E-state index contributed by atoms with van der Waals surface area (Å²) in [7, 11) is 1.54. The molecule has 1 atom stereocenters. The molecule has 0 aliphatic rings. The van der Waals surface area contributed by atoms with Crippen LogP contribution in [0.4, 0.5) is 0 Å². The molecule has 31 heavy (non-hydrogen) atoms. The predicted molar refractivity (Wildman–Crippen MR) is 120 cm³/mol. The van der Waals surface area contributed by atoms with E-state index in [1.165, 1.54) is 7.11 Å². The molecule has 2 aromatic carbocycles. The van der Waals surface area contributed by atoms with Crippen molar-refractivity contribution in [3.05, 3.63) is 65.2 Å². The molecule has 0 aromatic heterocycles. The third-order valence-corrected chi connectivity index (χ3v) is 4.90. The third-order valence-electron chi connectivity index (χ3n) is 4.90. The van der Waals surface area contributed by atoms with E-state index in [0.717, 1.165) is 5.56 Å². The zero-order chi connectivity index (χ0) is 23.2. The van der Waals surface area contributed by atoms with Gasteiger partial charge in [-0.2, -0.15) is 0 Å². The average Bonchev–Trinajstić information content (AvgIpc) is 2.74. The Morgan fingerprint density at radius 2 is 1.32 bits per heavy atom.